The summed E-state index contributed by atoms with van der Waals surface area (Å²) in [5.74, 6) is 1.35. The molecule has 29 heavy (non-hydrogen) atoms. The van der Waals surface area contributed by atoms with Crippen molar-refractivity contribution in [2.45, 2.75) is 38.8 Å². The molecular weight excluding hydrogens is 368 g/mol. The normalized spacial score (nSPS) is 12.6. The van der Waals surface area contributed by atoms with Crippen LogP contribution in [0.2, 0.25) is 0 Å². The molecule has 0 saturated heterocycles. The number of hydrogen-bond donors (Lipinski definition) is 5. The molecule has 0 radical (unpaired) electrons. The van der Waals surface area contributed by atoms with Crippen LogP contribution < -0.4 is 15.8 Å². The SMILES string of the molecule is C/C=C(\NC)c1ccc(Oc2ccc(C(O)CC(N)(CO)CO)cc2)cc1.CC. The Morgan fingerprint density at radius 2 is 1.52 bits per heavy atom. The number of benzene rings is 2. The molecule has 0 amide bonds. The number of nitrogens with two attached hydrogens (primary N) is 1. The number of aliphatic hydroxyl groups is 3. The Labute approximate surface area is 173 Å². The van der Waals surface area contributed by atoms with Crippen LogP contribution >= 0.6 is 0 Å². The highest BCUT2D eigenvalue weighted by molar-refractivity contribution is 5.64. The molecule has 1 unspecified atom stereocenters. The van der Waals surface area contributed by atoms with E-state index in [1.807, 2.05) is 58.2 Å². The fraction of sp³-hybridized carbons (Fsp3) is 0.391. The first-order valence-electron chi connectivity index (χ1n) is 9.85. The van der Waals surface area contributed by atoms with Gasteiger partial charge in [-0.3, -0.25) is 0 Å². The predicted molar refractivity (Wildman–Crippen MR) is 118 cm³/mol. The van der Waals surface area contributed by atoms with E-state index in [1.165, 1.54) is 0 Å². The summed E-state index contributed by atoms with van der Waals surface area (Å²) in [6.45, 7) is 5.17. The summed E-state index contributed by atoms with van der Waals surface area (Å²) in [5.41, 5.74) is 7.37. The second-order valence-corrected chi connectivity index (χ2v) is 6.55. The van der Waals surface area contributed by atoms with E-state index in [4.69, 9.17) is 10.5 Å². The Hall–Kier alpha value is -2.38. The van der Waals surface area contributed by atoms with Crippen molar-refractivity contribution in [3.05, 3.63) is 65.7 Å². The molecule has 160 valence electrons. The summed E-state index contributed by atoms with van der Waals surface area (Å²) in [7, 11) is 1.88. The Morgan fingerprint density at radius 1 is 1.03 bits per heavy atom. The number of hydrogen-bond acceptors (Lipinski definition) is 6. The minimum atomic E-state index is -1.21. The van der Waals surface area contributed by atoms with Gasteiger partial charge in [-0.2, -0.15) is 0 Å². The lowest BCUT2D eigenvalue weighted by atomic mass is 9.92. The first-order chi connectivity index (χ1) is 13.9. The van der Waals surface area contributed by atoms with Crippen LogP contribution in [0.1, 0.15) is 44.4 Å². The third-order valence-corrected chi connectivity index (χ3v) is 4.45. The molecule has 1 atom stereocenters. The molecule has 0 bridgehead atoms. The first-order valence-corrected chi connectivity index (χ1v) is 9.85. The summed E-state index contributed by atoms with van der Waals surface area (Å²) in [6.07, 6.45) is 1.17. The van der Waals surface area contributed by atoms with E-state index in [1.54, 1.807) is 24.3 Å². The van der Waals surface area contributed by atoms with E-state index >= 15 is 0 Å². The van der Waals surface area contributed by atoms with Crippen molar-refractivity contribution in [2.24, 2.45) is 5.73 Å². The lowest BCUT2D eigenvalue weighted by Gasteiger charge is -2.27. The molecule has 0 aliphatic carbocycles. The lowest BCUT2D eigenvalue weighted by Crippen LogP contribution is -2.48. The molecule has 6 N–H and O–H groups in total. The third-order valence-electron chi connectivity index (χ3n) is 4.45. The van der Waals surface area contributed by atoms with E-state index in [-0.39, 0.29) is 6.42 Å². The fourth-order valence-electron chi connectivity index (χ4n) is 2.73. The van der Waals surface area contributed by atoms with Crippen molar-refractivity contribution in [1.29, 1.82) is 0 Å². The number of rotatable bonds is 9. The highest BCUT2D eigenvalue weighted by Crippen LogP contribution is 2.27. The van der Waals surface area contributed by atoms with Gasteiger partial charge in [0.05, 0.1) is 24.9 Å². The Morgan fingerprint density at radius 3 is 1.93 bits per heavy atom. The zero-order chi connectivity index (χ0) is 21.9. The van der Waals surface area contributed by atoms with Gasteiger partial charge in [0.2, 0.25) is 0 Å². The summed E-state index contributed by atoms with van der Waals surface area (Å²) >= 11 is 0. The van der Waals surface area contributed by atoms with Gasteiger partial charge in [0.25, 0.3) is 0 Å². The minimum absolute atomic E-state index is 0.0560. The van der Waals surface area contributed by atoms with Gasteiger partial charge in [0.15, 0.2) is 0 Å². The van der Waals surface area contributed by atoms with Gasteiger partial charge in [-0.1, -0.05) is 32.1 Å². The van der Waals surface area contributed by atoms with E-state index in [2.05, 4.69) is 5.32 Å². The van der Waals surface area contributed by atoms with Crippen LogP contribution in [-0.2, 0) is 0 Å². The van der Waals surface area contributed by atoms with Crippen LogP contribution in [0.4, 0.5) is 0 Å². The van der Waals surface area contributed by atoms with Gasteiger partial charge in [-0.25, -0.2) is 0 Å². The summed E-state index contributed by atoms with van der Waals surface area (Å²) in [5, 5.41) is 31.9. The molecule has 0 aliphatic heterocycles. The van der Waals surface area contributed by atoms with Crippen molar-refractivity contribution >= 4 is 5.70 Å². The average molecular weight is 403 g/mol. The Bertz CT molecular complexity index is 738. The monoisotopic (exact) mass is 402 g/mol. The van der Waals surface area contributed by atoms with E-state index in [0.717, 1.165) is 11.3 Å². The van der Waals surface area contributed by atoms with Gasteiger partial charge < -0.3 is 31.1 Å². The van der Waals surface area contributed by atoms with Crippen LogP contribution in [0.5, 0.6) is 11.5 Å². The zero-order valence-corrected chi connectivity index (χ0v) is 17.7. The molecule has 0 aromatic heterocycles. The first kappa shape index (κ1) is 24.7. The average Bonchev–Trinajstić information content (AvgIpc) is 2.77. The van der Waals surface area contributed by atoms with Crippen LogP contribution in [0.15, 0.2) is 54.6 Å². The quantitative estimate of drug-likeness (QED) is 0.441. The molecule has 0 heterocycles. The molecule has 0 aliphatic rings. The molecular formula is C23H34N2O4. The summed E-state index contributed by atoms with van der Waals surface area (Å²) in [6, 6.07) is 14.7. The molecule has 6 nitrogen and oxygen atoms in total. The summed E-state index contributed by atoms with van der Waals surface area (Å²) in [4.78, 5) is 0. The van der Waals surface area contributed by atoms with Crippen LogP contribution in [0.25, 0.3) is 5.70 Å². The fourth-order valence-corrected chi connectivity index (χ4v) is 2.73. The molecule has 6 heteroatoms. The second kappa shape index (κ2) is 12.2. The smallest absolute Gasteiger partial charge is 0.127 e. The zero-order valence-electron chi connectivity index (χ0n) is 17.7. The van der Waals surface area contributed by atoms with E-state index < -0.39 is 24.9 Å². The molecule has 2 aromatic rings. The minimum Gasteiger partial charge on any atom is -0.457 e. The summed E-state index contributed by atoms with van der Waals surface area (Å²) < 4.78 is 5.83. The van der Waals surface area contributed by atoms with Crippen LogP contribution in [0.3, 0.4) is 0 Å². The topological polar surface area (TPSA) is 108 Å². The van der Waals surface area contributed by atoms with Gasteiger partial charge in [0, 0.05) is 12.7 Å². The van der Waals surface area contributed by atoms with Crippen molar-refractivity contribution in [1.82, 2.24) is 5.32 Å². The molecule has 0 spiro atoms. The Kier molecular flexibility index (Phi) is 10.4. The number of allylic oxidation sites excluding steroid dienone is 1. The van der Waals surface area contributed by atoms with Gasteiger partial charge in [0.1, 0.15) is 11.5 Å². The van der Waals surface area contributed by atoms with Crippen molar-refractivity contribution < 1.29 is 20.1 Å². The van der Waals surface area contributed by atoms with Crippen LogP contribution in [-0.4, -0.2) is 41.1 Å². The molecule has 0 saturated carbocycles. The molecule has 2 rings (SSSR count). The second-order valence-electron chi connectivity index (χ2n) is 6.55. The van der Waals surface area contributed by atoms with Gasteiger partial charge in [-0.15, -0.1) is 0 Å². The molecule has 2 aromatic carbocycles. The lowest BCUT2D eigenvalue weighted by molar-refractivity contribution is 0.0618. The van der Waals surface area contributed by atoms with Gasteiger partial charge >= 0.3 is 0 Å². The van der Waals surface area contributed by atoms with E-state index in [9.17, 15) is 15.3 Å². The molecule has 0 fully saturated rings. The van der Waals surface area contributed by atoms with Crippen molar-refractivity contribution in [3.63, 3.8) is 0 Å². The third kappa shape index (κ3) is 7.18. The maximum Gasteiger partial charge on any atom is 0.127 e. The predicted octanol–water partition coefficient (Wildman–Crippen LogP) is 3.19. The number of aliphatic hydroxyl groups excluding tert-OH is 3. The number of nitrogens with one attached hydrogen (secondary N) is 1. The Balaban J connectivity index is 0.00000204. The van der Waals surface area contributed by atoms with Crippen LogP contribution in [0, 0.1) is 0 Å². The highest BCUT2D eigenvalue weighted by atomic mass is 16.5. The largest absolute Gasteiger partial charge is 0.457 e. The maximum absolute atomic E-state index is 10.3. The standard InChI is InChI=1S/C21H28N2O4.C2H6/c1-3-19(23-2)15-4-8-17(9-5-15)27-18-10-6-16(7-11-18)20(26)12-21(22,13-24)14-25;1-2/h3-11,20,23-26H,12-14,22H2,1-2H3;1-2H3/b19-3-;. The number of ether oxygens (including phenoxy) is 1. The van der Waals surface area contributed by atoms with Gasteiger partial charge in [-0.05, 0) is 60.9 Å². The van der Waals surface area contributed by atoms with E-state index in [0.29, 0.717) is 17.1 Å². The van der Waals surface area contributed by atoms with Crippen molar-refractivity contribution in [3.8, 4) is 11.5 Å². The van der Waals surface area contributed by atoms with Crippen molar-refractivity contribution in [2.75, 3.05) is 20.3 Å². The maximum atomic E-state index is 10.3. The highest BCUT2D eigenvalue weighted by Gasteiger charge is 2.27.